The smallest absolute Gasteiger partial charge is 0.318 e. The molecule has 3 fully saturated rings. The summed E-state index contributed by atoms with van der Waals surface area (Å²) in [6, 6.07) is 0. The number of carbonyl (C=O) groups is 2. The molecule has 3 aliphatic rings. The fourth-order valence-corrected chi connectivity index (χ4v) is 4.58. The van der Waals surface area contributed by atoms with E-state index in [0.29, 0.717) is 5.92 Å². The van der Waals surface area contributed by atoms with Crippen LogP contribution in [0, 0.1) is 28.6 Å². The highest BCUT2D eigenvalue weighted by molar-refractivity contribution is 5.98. The molecule has 88 valence electrons. The minimum Gasteiger partial charge on any atom is -0.393 e. The van der Waals surface area contributed by atoms with Crippen LogP contribution < -0.4 is 0 Å². The third kappa shape index (κ3) is 0.910. The van der Waals surface area contributed by atoms with Crippen LogP contribution in [0.1, 0.15) is 40.0 Å². The van der Waals surface area contributed by atoms with Gasteiger partial charge in [0.05, 0.1) is 11.8 Å². The molecule has 4 atom stereocenters. The largest absolute Gasteiger partial charge is 0.393 e. The van der Waals surface area contributed by atoms with Crippen LogP contribution >= 0.6 is 0 Å². The highest BCUT2D eigenvalue weighted by Gasteiger charge is 2.72. The van der Waals surface area contributed by atoms with Gasteiger partial charge in [0, 0.05) is 0 Å². The number of carbonyl (C=O) groups excluding carboxylic acids is 2. The summed E-state index contributed by atoms with van der Waals surface area (Å²) in [4.78, 5) is 23.6. The van der Waals surface area contributed by atoms with E-state index in [1.54, 1.807) is 0 Å². The van der Waals surface area contributed by atoms with Gasteiger partial charge in [-0.15, -0.1) is 0 Å². The first-order chi connectivity index (χ1) is 7.41. The van der Waals surface area contributed by atoms with Gasteiger partial charge in [-0.05, 0) is 36.0 Å². The van der Waals surface area contributed by atoms with E-state index in [4.69, 9.17) is 4.74 Å². The van der Waals surface area contributed by atoms with Crippen LogP contribution in [0.5, 0.6) is 0 Å². The molecule has 0 amide bonds. The topological polar surface area (TPSA) is 43.4 Å². The Bertz CT molecular complexity index is 387. The molecule has 1 aliphatic heterocycles. The molecule has 1 saturated heterocycles. The van der Waals surface area contributed by atoms with Crippen molar-refractivity contribution in [3.63, 3.8) is 0 Å². The van der Waals surface area contributed by atoms with Crippen LogP contribution in [0.15, 0.2) is 0 Å². The van der Waals surface area contributed by atoms with Gasteiger partial charge in [0.25, 0.3) is 0 Å². The van der Waals surface area contributed by atoms with Gasteiger partial charge < -0.3 is 4.74 Å². The van der Waals surface area contributed by atoms with Gasteiger partial charge in [0.1, 0.15) is 0 Å². The number of cyclic esters (lactones) is 2. The summed E-state index contributed by atoms with van der Waals surface area (Å²) in [5.74, 6) is -0.385. The Labute approximate surface area is 95.5 Å². The monoisotopic (exact) mass is 222 g/mol. The number of rotatable bonds is 1. The van der Waals surface area contributed by atoms with Gasteiger partial charge >= 0.3 is 11.9 Å². The zero-order valence-corrected chi connectivity index (χ0v) is 10.1. The average molecular weight is 222 g/mol. The molecular weight excluding hydrogens is 204 g/mol. The zero-order chi connectivity index (χ0) is 11.7. The van der Waals surface area contributed by atoms with E-state index in [1.165, 1.54) is 0 Å². The molecule has 3 rings (SSSR count). The van der Waals surface area contributed by atoms with Gasteiger partial charge in [-0.2, -0.15) is 0 Å². The van der Waals surface area contributed by atoms with Crippen molar-refractivity contribution in [2.24, 2.45) is 28.6 Å². The molecule has 3 heteroatoms. The Morgan fingerprint density at radius 1 is 1.19 bits per heavy atom. The van der Waals surface area contributed by atoms with Crippen LogP contribution in [0.3, 0.4) is 0 Å². The molecule has 2 aliphatic carbocycles. The van der Waals surface area contributed by atoms with Gasteiger partial charge in [0.15, 0.2) is 0 Å². The second kappa shape index (κ2) is 2.69. The summed E-state index contributed by atoms with van der Waals surface area (Å²) in [5, 5.41) is 0. The van der Waals surface area contributed by atoms with E-state index in [2.05, 4.69) is 20.8 Å². The summed E-state index contributed by atoms with van der Waals surface area (Å²) in [7, 11) is 0. The minimum atomic E-state index is -0.264. The quantitative estimate of drug-likeness (QED) is 0.504. The summed E-state index contributed by atoms with van der Waals surface area (Å²) in [5.41, 5.74) is 0.0425. The molecular formula is C13H18O3. The number of ether oxygens (including phenoxy) is 1. The third-order valence-electron chi connectivity index (χ3n) is 5.46. The summed E-state index contributed by atoms with van der Waals surface area (Å²) in [6.07, 6.45) is 3.16. The number of hydrogen-bond acceptors (Lipinski definition) is 3. The first-order valence-corrected chi connectivity index (χ1v) is 6.16. The van der Waals surface area contributed by atoms with Crippen LogP contribution in [0.4, 0.5) is 0 Å². The van der Waals surface area contributed by atoms with E-state index < -0.39 is 0 Å². The maximum absolute atomic E-state index is 11.9. The van der Waals surface area contributed by atoms with Gasteiger partial charge in [-0.25, -0.2) is 0 Å². The van der Waals surface area contributed by atoms with Crippen molar-refractivity contribution in [3.8, 4) is 0 Å². The SMILES string of the molecule is CC(C)[C@]12CC[C@](C)(C1)[C@H]1C(=O)OC(=O)[C@H]12. The van der Waals surface area contributed by atoms with E-state index in [9.17, 15) is 9.59 Å². The van der Waals surface area contributed by atoms with Crippen molar-refractivity contribution < 1.29 is 14.3 Å². The van der Waals surface area contributed by atoms with Crippen LogP contribution in [-0.4, -0.2) is 11.9 Å². The molecule has 0 radical (unpaired) electrons. The molecule has 2 saturated carbocycles. The zero-order valence-electron chi connectivity index (χ0n) is 10.1. The maximum atomic E-state index is 11.9. The van der Waals surface area contributed by atoms with Crippen molar-refractivity contribution in [1.82, 2.24) is 0 Å². The molecule has 0 aromatic rings. The Kier molecular flexibility index (Phi) is 1.73. The van der Waals surface area contributed by atoms with Crippen molar-refractivity contribution >= 4 is 11.9 Å². The molecule has 1 heterocycles. The highest BCUT2D eigenvalue weighted by Crippen LogP contribution is 2.71. The van der Waals surface area contributed by atoms with Crippen LogP contribution in [-0.2, 0) is 14.3 Å². The normalized spacial score (nSPS) is 50.0. The molecule has 16 heavy (non-hydrogen) atoms. The second-order valence-corrected chi connectivity index (χ2v) is 6.41. The van der Waals surface area contributed by atoms with Crippen molar-refractivity contribution in [2.45, 2.75) is 40.0 Å². The van der Waals surface area contributed by atoms with Gasteiger partial charge in [-0.1, -0.05) is 20.8 Å². The summed E-state index contributed by atoms with van der Waals surface area (Å²) >= 11 is 0. The van der Waals surface area contributed by atoms with E-state index in [-0.39, 0.29) is 34.6 Å². The first-order valence-electron chi connectivity index (χ1n) is 6.16. The van der Waals surface area contributed by atoms with Crippen LogP contribution in [0.25, 0.3) is 0 Å². The second-order valence-electron chi connectivity index (χ2n) is 6.41. The summed E-state index contributed by atoms with van der Waals surface area (Å²) < 4.78 is 4.87. The maximum Gasteiger partial charge on any atom is 0.318 e. The molecule has 2 bridgehead atoms. The molecule has 0 unspecified atom stereocenters. The van der Waals surface area contributed by atoms with Crippen molar-refractivity contribution in [3.05, 3.63) is 0 Å². The molecule has 0 aromatic heterocycles. The lowest BCUT2D eigenvalue weighted by atomic mass is 9.64. The Hall–Kier alpha value is -0.860. The Balaban J connectivity index is 2.12. The average Bonchev–Trinajstić information content (AvgIpc) is 2.75. The third-order valence-corrected chi connectivity index (χ3v) is 5.46. The number of hydrogen-bond donors (Lipinski definition) is 0. The Morgan fingerprint density at radius 3 is 2.44 bits per heavy atom. The predicted molar refractivity (Wildman–Crippen MR) is 57.3 cm³/mol. The first kappa shape index (κ1) is 10.3. The fourth-order valence-electron chi connectivity index (χ4n) is 4.58. The molecule has 0 aromatic carbocycles. The van der Waals surface area contributed by atoms with E-state index >= 15 is 0 Å². The van der Waals surface area contributed by atoms with E-state index in [1.807, 2.05) is 0 Å². The Morgan fingerprint density at radius 2 is 1.81 bits per heavy atom. The lowest BCUT2D eigenvalue weighted by Gasteiger charge is -2.36. The van der Waals surface area contributed by atoms with Crippen molar-refractivity contribution in [2.75, 3.05) is 0 Å². The number of esters is 2. The van der Waals surface area contributed by atoms with Crippen molar-refractivity contribution in [1.29, 1.82) is 0 Å². The van der Waals surface area contributed by atoms with Gasteiger partial charge in [-0.3, -0.25) is 9.59 Å². The summed E-state index contributed by atoms with van der Waals surface area (Å²) in [6.45, 7) is 6.50. The lowest BCUT2D eigenvalue weighted by Crippen LogP contribution is -2.38. The molecule has 0 spiro atoms. The number of fused-ring (bicyclic) bond motifs is 5. The van der Waals surface area contributed by atoms with E-state index in [0.717, 1.165) is 19.3 Å². The predicted octanol–water partition coefficient (Wildman–Crippen LogP) is 2.15. The standard InChI is InChI=1S/C13H18O3/c1-7(2)13-5-4-12(3,6-13)8-9(13)11(15)16-10(8)14/h7-9H,4-6H2,1-3H3/t8-,9+,12-,13+/m1/s1. The molecule has 3 nitrogen and oxygen atoms in total. The minimum absolute atomic E-state index is 0.0121. The lowest BCUT2D eigenvalue weighted by molar-refractivity contribution is -0.156. The van der Waals surface area contributed by atoms with Crippen LogP contribution in [0.2, 0.25) is 0 Å². The fraction of sp³-hybridized carbons (Fsp3) is 0.846. The molecule has 0 N–H and O–H groups in total. The highest BCUT2D eigenvalue weighted by atomic mass is 16.6. The van der Waals surface area contributed by atoms with Gasteiger partial charge in [0.2, 0.25) is 0 Å².